The lowest BCUT2D eigenvalue weighted by Gasteiger charge is -2.14. The van der Waals surface area contributed by atoms with Crippen molar-refractivity contribution in [2.24, 2.45) is 0 Å². The number of carbonyl (C=O) groups excluding carboxylic acids is 1. The first-order chi connectivity index (χ1) is 10.6. The number of pyridine rings is 2. The Morgan fingerprint density at radius 3 is 2.86 bits per heavy atom. The van der Waals surface area contributed by atoms with Gasteiger partial charge in [0.15, 0.2) is 11.2 Å². The number of esters is 1. The Balaban J connectivity index is 2.65. The minimum Gasteiger partial charge on any atom is -0.462 e. The van der Waals surface area contributed by atoms with Gasteiger partial charge in [-0.3, -0.25) is 4.79 Å². The van der Waals surface area contributed by atoms with Gasteiger partial charge in [-0.1, -0.05) is 13.3 Å². The van der Waals surface area contributed by atoms with Crippen molar-refractivity contribution in [3.63, 3.8) is 0 Å². The molecule has 2 aromatic heterocycles. The van der Waals surface area contributed by atoms with Gasteiger partial charge in [-0.05, 0) is 25.5 Å². The van der Waals surface area contributed by atoms with Crippen LogP contribution in [0.25, 0.3) is 11.0 Å². The van der Waals surface area contributed by atoms with Crippen molar-refractivity contribution >= 4 is 22.7 Å². The summed E-state index contributed by atoms with van der Waals surface area (Å²) in [7, 11) is 0. The van der Waals surface area contributed by atoms with E-state index in [-0.39, 0.29) is 23.5 Å². The van der Waals surface area contributed by atoms with Gasteiger partial charge in [0.25, 0.3) is 0 Å². The van der Waals surface area contributed by atoms with Crippen LogP contribution in [-0.2, 0) is 4.74 Å². The van der Waals surface area contributed by atoms with E-state index < -0.39 is 11.5 Å². The number of anilines is 1. The van der Waals surface area contributed by atoms with Crippen LogP contribution in [0.1, 0.15) is 37.0 Å². The highest BCUT2D eigenvalue weighted by atomic mass is 16.7. The lowest BCUT2D eigenvalue weighted by Crippen LogP contribution is -2.34. The van der Waals surface area contributed by atoms with E-state index in [0.717, 1.165) is 17.6 Å². The van der Waals surface area contributed by atoms with Gasteiger partial charge < -0.3 is 15.3 Å². The van der Waals surface area contributed by atoms with Gasteiger partial charge in [-0.25, -0.2) is 9.78 Å². The van der Waals surface area contributed by atoms with Gasteiger partial charge >= 0.3 is 11.5 Å². The number of rotatable bonds is 6. The number of ether oxygens (including phenoxy) is 1. The van der Waals surface area contributed by atoms with Crippen molar-refractivity contribution in [3.8, 4) is 0 Å². The van der Waals surface area contributed by atoms with Gasteiger partial charge in [0.05, 0.1) is 12.3 Å². The van der Waals surface area contributed by atoms with E-state index in [1.807, 2.05) is 6.92 Å². The fourth-order valence-electron chi connectivity index (χ4n) is 2.04. The molecule has 0 saturated heterocycles. The average molecular weight is 305 g/mol. The predicted octanol–water partition coefficient (Wildman–Crippen LogP) is 1.38. The molecule has 0 unspecified atom stereocenters. The van der Waals surface area contributed by atoms with Crippen LogP contribution in [0.3, 0.4) is 0 Å². The number of nitrogen functional groups attached to an aromatic ring is 1. The van der Waals surface area contributed by atoms with Gasteiger partial charge in [-0.15, -0.1) is 4.73 Å². The molecule has 0 atom stereocenters. The maximum absolute atomic E-state index is 12.5. The average Bonchev–Trinajstić information content (AvgIpc) is 2.51. The van der Waals surface area contributed by atoms with Crippen LogP contribution in [-0.4, -0.2) is 28.9 Å². The number of hydrogen-bond acceptors (Lipinski definition) is 6. The van der Waals surface area contributed by atoms with Gasteiger partial charge in [0.2, 0.25) is 0 Å². The summed E-state index contributed by atoms with van der Waals surface area (Å²) in [6.07, 6.45) is 3.23. The molecule has 0 aliphatic heterocycles. The monoisotopic (exact) mass is 305 g/mol. The molecule has 2 rings (SSSR count). The van der Waals surface area contributed by atoms with Crippen molar-refractivity contribution in [1.29, 1.82) is 0 Å². The van der Waals surface area contributed by atoms with Crippen LogP contribution in [0.5, 0.6) is 0 Å². The molecular weight excluding hydrogens is 286 g/mol. The molecule has 2 aromatic rings. The summed E-state index contributed by atoms with van der Waals surface area (Å²) < 4.78 is 5.93. The summed E-state index contributed by atoms with van der Waals surface area (Å²) in [4.78, 5) is 34.2. The summed E-state index contributed by atoms with van der Waals surface area (Å²) in [6.45, 7) is 4.16. The fourth-order valence-corrected chi connectivity index (χ4v) is 2.04. The van der Waals surface area contributed by atoms with Crippen molar-refractivity contribution in [1.82, 2.24) is 9.71 Å². The van der Waals surface area contributed by atoms with Crippen LogP contribution in [0.4, 0.5) is 5.69 Å². The first kappa shape index (κ1) is 15.8. The van der Waals surface area contributed by atoms with Crippen molar-refractivity contribution in [3.05, 3.63) is 34.2 Å². The molecule has 2 heterocycles. The molecule has 0 radical (unpaired) electrons. The highest BCUT2D eigenvalue weighted by Gasteiger charge is 2.23. The lowest BCUT2D eigenvalue weighted by molar-refractivity contribution is 0.0515. The topological polar surface area (TPSA) is 96.4 Å². The molecular formula is C15H19N3O4. The number of nitrogens with two attached hydrogens (primary N) is 1. The largest absolute Gasteiger partial charge is 0.462 e. The number of hydrogen-bond donors (Lipinski definition) is 1. The third kappa shape index (κ3) is 2.88. The predicted molar refractivity (Wildman–Crippen MR) is 82.7 cm³/mol. The zero-order chi connectivity index (χ0) is 16.1. The highest BCUT2D eigenvalue weighted by molar-refractivity contribution is 6.03. The number of aromatic nitrogens is 2. The SMILES string of the molecule is CCCCOn1c(=O)c(C(=O)OCC)c(N)c2cccnc21. The van der Waals surface area contributed by atoms with E-state index >= 15 is 0 Å². The number of unbranched alkanes of at least 4 members (excludes halogenated alkanes) is 1. The minimum absolute atomic E-state index is 0.0573. The van der Waals surface area contributed by atoms with Crippen molar-refractivity contribution < 1.29 is 14.4 Å². The third-order valence-electron chi connectivity index (χ3n) is 3.13. The normalized spacial score (nSPS) is 10.6. The molecule has 118 valence electrons. The van der Waals surface area contributed by atoms with E-state index in [9.17, 15) is 9.59 Å². The molecule has 0 aromatic carbocycles. The summed E-state index contributed by atoms with van der Waals surface area (Å²) in [6, 6.07) is 3.36. The lowest BCUT2D eigenvalue weighted by atomic mass is 10.1. The molecule has 0 spiro atoms. The third-order valence-corrected chi connectivity index (χ3v) is 3.13. The maximum Gasteiger partial charge on any atom is 0.346 e. The smallest absolute Gasteiger partial charge is 0.346 e. The van der Waals surface area contributed by atoms with Crippen LogP contribution < -0.4 is 16.1 Å². The van der Waals surface area contributed by atoms with Gasteiger partial charge in [0.1, 0.15) is 6.61 Å². The van der Waals surface area contributed by atoms with E-state index in [2.05, 4.69) is 4.98 Å². The zero-order valence-corrected chi connectivity index (χ0v) is 12.7. The summed E-state index contributed by atoms with van der Waals surface area (Å²) in [5, 5.41) is 0.474. The Kier molecular flexibility index (Phi) is 4.98. The summed E-state index contributed by atoms with van der Waals surface area (Å²) in [5.41, 5.74) is 5.43. The van der Waals surface area contributed by atoms with Crippen LogP contribution in [0.15, 0.2) is 23.1 Å². The Labute approximate surface area is 127 Å². The second-order valence-corrected chi connectivity index (χ2v) is 4.67. The van der Waals surface area contributed by atoms with E-state index in [0.29, 0.717) is 12.0 Å². The molecule has 22 heavy (non-hydrogen) atoms. The highest BCUT2D eigenvalue weighted by Crippen LogP contribution is 2.20. The number of nitrogens with zero attached hydrogens (tertiary/aromatic N) is 2. The molecule has 2 N–H and O–H groups in total. The standard InChI is InChI=1S/C15H19N3O4/c1-3-5-9-22-18-13-10(7-6-8-17-13)12(16)11(14(18)19)15(20)21-4-2/h6-8H,3-5,9,16H2,1-2H3. The Bertz CT molecular complexity index is 739. The molecule has 0 fully saturated rings. The molecule has 7 nitrogen and oxygen atoms in total. The van der Waals surface area contributed by atoms with Crippen molar-refractivity contribution in [2.45, 2.75) is 26.7 Å². The first-order valence-corrected chi connectivity index (χ1v) is 7.21. The quantitative estimate of drug-likeness (QED) is 0.640. The molecule has 0 saturated carbocycles. The summed E-state index contributed by atoms with van der Waals surface area (Å²) in [5.74, 6) is -0.761. The second kappa shape index (κ2) is 6.93. The maximum atomic E-state index is 12.5. The Morgan fingerprint density at radius 1 is 1.41 bits per heavy atom. The van der Waals surface area contributed by atoms with Gasteiger partial charge in [-0.2, -0.15) is 0 Å². The zero-order valence-electron chi connectivity index (χ0n) is 12.7. The summed E-state index contributed by atoms with van der Waals surface area (Å²) >= 11 is 0. The number of carbonyl (C=O) groups is 1. The van der Waals surface area contributed by atoms with Crippen molar-refractivity contribution in [2.75, 3.05) is 18.9 Å². The van der Waals surface area contributed by atoms with Crippen LogP contribution >= 0.6 is 0 Å². The Morgan fingerprint density at radius 2 is 2.18 bits per heavy atom. The van der Waals surface area contributed by atoms with E-state index in [1.54, 1.807) is 19.1 Å². The molecule has 0 amide bonds. The van der Waals surface area contributed by atoms with E-state index in [4.69, 9.17) is 15.3 Å². The Hall–Kier alpha value is -2.57. The molecule has 0 aliphatic carbocycles. The fraction of sp³-hybridized carbons (Fsp3) is 0.400. The first-order valence-electron chi connectivity index (χ1n) is 7.21. The van der Waals surface area contributed by atoms with Crippen LogP contribution in [0, 0.1) is 0 Å². The minimum atomic E-state index is -0.761. The van der Waals surface area contributed by atoms with Gasteiger partial charge in [0, 0.05) is 11.6 Å². The molecule has 7 heteroatoms. The van der Waals surface area contributed by atoms with Crippen LogP contribution in [0.2, 0.25) is 0 Å². The van der Waals surface area contributed by atoms with E-state index in [1.165, 1.54) is 6.20 Å². The number of fused-ring (bicyclic) bond motifs is 1. The molecule has 0 bridgehead atoms. The second-order valence-electron chi connectivity index (χ2n) is 4.67. The molecule has 0 aliphatic rings.